The van der Waals surface area contributed by atoms with Crippen LogP contribution < -0.4 is 15.2 Å². The van der Waals surface area contributed by atoms with Crippen LogP contribution in [0.5, 0.6) is 11.5 Å². The van der Waals surface area contributed by atoms with Gasteiger partial charge in [0.1, 0.15) is 6.61 Å². The van der Waals surface area contributed by atoms with Crippen LogP contribution in [0.4, 0.5) is 13.2 Å². The minimum Gasteiger partial charge on any atom is -0.493 e. The molecule has 108 valence electrons. The molecular formula is C11H13BrF3NO3. The number of alkyl halides is 3. The Kier molecular flexibility index (Phi) is 5.89. The maximum Gasteiger partial charge on any atom is 0.411 e. The first kappa shape index (κ1) is 16.1. The van der Waals surface area contributed by atoms with Gasteiger partial charge in [-0.15, -0.1) is 0 Å². The second-order valence-electron chi connectivity index (χ2n) is 3.54. The Morgan fingerprint density at radius 2 is 2.00 bits per heavy atom. The van der Waals surface area contributed by atoms with Crippen molar-refractivity contribution in [2.75, 3.05) is 20.5 Å². The molecule has 0 unspecified atom stereocenters. The van der Waals surface area contributed by atoms with Gasteiger partial charge in [-0.05, 0) is 33.6 Å². The molecule has 0 atom stereocenters. The molecule has 2 N–H and O–H groups in total. The monoisotopic (exact) mass is 343 g/mol. The predicted molar refractivity (Wildman–Crippen MR) is 66.1 cm³/mol. The molecule has 0 aliphatic carbocycles. The van der Waals surface area contributed by atoms with Gasteiger partial charge < -0.3 is 19.9 Å². The van der Waals surface area contributed by atoms with Gasteiger partial charge in [-0.2, -0.15) is 13.2 Å². The Bertz CT molecular complexity index is 426. The molecule has 19 heavy (non-hydrogen) atoms. The molecule has 0 saturated carbocycles. The number of methoxy groups -OCH3 is 1. The van der Waals surface area contributed by atoms with Gasteiger partial charge in [-0.25, -0.2) is 0 Å². The first-order valence-corrected chi connectivity index (χ1v) is 6.00. The van der Waals surface area contributed by atoms with Crippen LogP contribution in [0, 0.1) is 0 Å². The second kappa shape index (κ2) is 6.97. The van der Waals surface area contributed by atoms with Crippen molar-refractivity contribution in [1.29, 1.82) is 0 Å². The lowest BCUT2D eigenvalue weighted by molar-refractivity contribution is -0.186. The van der Waals surface area contributed by atoms with Crippen molar-refractivity contribution in [2.45, 2.75) is 12.7 Å². The Morgan fingerprint density at radius 3 is 2.53 bits per heavy atom. The number of hydrogen-bond donors (Lipinski definition) is 1. The highest BCUT2D eigenvalue weighted by Crippen LogP contribution is 2.36. The van der Waals surface area contributed by atoms with Crippen LogP contribution in [0.15, 0.2) is 16.6 Å². The third-order valence-corrected chi connectivity index (χ3v) is 2.67. The molecule has 0 aromatic heterocycles. The van der Waals surface area contributed by atoms with Gasteiger partial charge in [0, 0.05) is 6.54 Å². The molecule has 0 saturated heterocycles. The summed E-state index contributed by atoms with van der Waals surface area (Å²) in [4.78, 5) is 0. The fraction of sp³-hybridized carbons (Fsp3) is 0.455. The molecule has 1 aromatic rings. The molecule has 0 heterocycles. The van der Waals surface area contributed by atoms with E-state index < -0.39 is 19.6 Å². The maximum atomic E-state index is 11.9. The van der Waals surface area contributed by atoms with Gasteiger partial charge in [-0.3, -0.25) is 0 Å². The summed E-state index contributed by atoms with van der Waals surface area (Å²) in [6.07, 6.45) is -4.38. The molecule has 1 rings (SSSR count). The third-order valence-electron chi connectivity index (χ3n) is 2.08. The largest absolute Gasteiger partial charge is 0.493 e. The molecular weight excluding hydrogens is 331 g/mol. The zero-order valence-corrected chi connectivity index (χ0v) is 11.7. The van der Waals surface area contributed by atoms with Crippen LogP contribution in [0.3, 0.4) is 0 Å². The molecule has 0 aliphatic rings. The lowest BCUT2D eigenvalue weighted by Gasteiger charge is -2.14. The standard InChI is InChI=1S/C11H13BrF3NO3/c1-17-9-3-7(4-16)2-8(12)10(9)19-6-18-5-11(13,14)15/h2-3H,4-6,16H2,1H3. The summed E-state index contributed by atoms with van der Waals surface area (Å²) in [6.45, 7) is -1.59. The molecule has 0 radical (unpaired) electrons. The summed E-state index contributed by atoms with van der Waals surface area (Å²) in [5.74, 6) is 0.632. The van der Waals surface area contributed by atoms with Crippen LogP contribution in [0.2, 0.25) is 0 Å². The quantitative estimate of drug-likeness (QED) is 0.637. The van der Waals surface area contributed by atoms with Crippen LogP contribution in [-0.4, -0.2) is 26.7 Å². The number of halogens is 4. The van der Waals surface area contributed by atoms with Gasteiger partial charge in [0.05, 0.1) is 11.6 Å². The zero-order valence-electron chi connectivity index (χ0n) is 10.1. The van der Waals surface area contributed by atoms with E-state index in [1.54, 1.807) is 12.1 Å². The first-order valence-electron chi connectivity index (χ1n) is 5.21. The van der Waals surface area contributed by atoms with Crippen molar-refractivity contribution < 1.29 is 27.4 Å². The highest BCUT2D eigenvalue weighted by atomic mass is 79.9. The van der Waals surface area contributed by atoms with Crippen molar-refractivity contribution in [3.8, 4) is 11.5 Å². The normalized spacial score (nSPS) is 11.5. The number of rotatable bonds is 6. The van der Waals surface area contributed by atoms with E-state index in [9.17, 15) is 13.2 Å². The summed E-state index contributed by atoms with van der Waals surface area (Å²) in [6, 6.07) is 3.34. The van der Waals surface area contributed by atoms with E-state index in [4.69, 9.17) is 15.2 Å². The average molecular weight is 344 g/mol. The number of ether oxygens (including phenoxy) is 3. The van der Waals surface area contributed by atoms with E-state index >= 15 is 0 Å². The van der Waals surface area contributed by atoms with Crippen LogP contribution in [0.1, 0.15) is 5.56 Å². The molecule has 0 bridgehead atoms. The van der Waals surface area contributed by atoms with E-state index in [0.717, 1.165) is 5.56 Å². The minimum atomic E-state index is -4.38. The SMILES string of the molecule is COc1cc(CN)cc(Br)c1OCOCC(F)(F)F. The Labute approximate surface area is 116 Å². The number of hydrogen-bond acceptors (Lipinski definition) is 4. The summed E-state index contributed by atoms with van der Waals surface area (Å²) >= 11 is 3.23. The molecule has 1 aromatic carbocycles. The second-order valence-corrected chi connectivity index (χ2v) is 4.39. The topological polar surface area (TPSA) is 53.7 Å². The van der Waals surface area contributed by atoms with E-state index in [-0.39, 0.29) is 5.75 Å². The van der Waals surface area contributed by atoms with Crippen molar-refractivity contribution >= 4 is 15.9 Å². The summed E-state index contributed by atoms with van der Waals surface area (Å²) < 4.78 is 50.7. The van der Waals surface area contributed by atoms with Crippen molar-refractivity contribution in [2.24, 2.45) is 5.73 Å². The van der Waals surface area contributed by atoms with Gasteiger partial charge in [0.25, 0.3) is 0 Å². The van der Waals surface area contributed by atoms with Gasteiger partial charge >= 0.3 is 6.18 Å². The highest BCUT2D eigenvalue weighted by Gasteiger charge is 2.27. The smallest absolute Gasteiger partial charge is 0.411 e. The van der Waals surface area contributed by atoms with Gasteiger partial charge in [0.2, 0.25) is 0 Å². The molecule has 0 amide bonds. The van der Waals surface area contributed by atoms with E-state index in [1.165, 1.54) is 7.11 Å². The van der Waals surface area contributed by atoms with Gasteiger partial charge in [0.15, 0.2) is 18.3 Å². The molecule has 0 aliphatic heterocycles. The molecule has 4 nitrogen and oxygen atoms in total. The summed E-state index contributed by atoms with van der Waals surface area (Å²) in [7, 11) is 1.42. The Balaban J connectivity index is 2.67. The van der Waals surface area contributed by atoms with Crippen LogP contribution >= 0.6 is 15.9 Å². The van der Waals surface area contributed by atoms with Crippen LogP contribution in [0.25, 0.3) is 0 Å². The van der Waals surface area contributed by atoms with Crippen LogP contribution in [-0.2, 0) is 11.3 Å². The van der Waals surface area contributed by atoms with E-state index in [0.29, 0.717) is 16.8 Å². The Morgan fingerprint density at radius 1 is 1.32 bits per heavy atom. The third kappa shape index (κ3) is 5.25. The zero-order chi connectivity index (χ0) is 14.5. The highest BCUT2D eigenvalue weighted by molar-refractivity contribution is 9.10. The first-order chi connectivity index (χ1) is 8.87. The summed E-state index contributed by atoms with van der Waals surface area (Å²) in [5.41, 5.74) is 6.29. The lowest BCUT2D eigenvalue weighted by Crippen LogP contribution is -2.19. The lowest BCUT2D eigenvalue weighted by atomic mass is 10.2. The number of nitrogens with two attached hydrogens (primary N) is 1. The maximum absolute atomic E-state index is 11.9. The van der Waals surface area contributed by atoms with Crippen molar-refractivity contribution in [1.82, 2.24) is 0 Å². The molecule has 0 spiro atoms. The molecule has 0 fully saturated rings. The van der Waals surface area contributed by atoms with E-state index in [2.05, 4.69) is 20.7 Å². The summed E-state index contributed by atoms with van der Waals surface area (Å²) in [5, 5.41) is 0. The minimum absolute atomic E-state index is 0.266. The fourth-order valence-electron chi connectivity index (χ4n) is 1.29. The van der Waals surface area contributed by atoms with Crippen molar-refractivity contribution in [3.63, 3.8) is 0 Å². The van der Waals surface area contributed by atoms with E-state index in [1.807, 2.05) is 0 Å². The Hall–Kier alpha value is -0.990. The molecule has 8 heteroatoms. The van der Waals surface area contributed by atoms with Crippen molar-refractivity contribution in [3.05, 3.63) is 22.2 Å². The predicted octanol–water partition coefficient (Wildman–Crippen LogP) is 2.83. The number of benzene rings is 1. The van der Waals surface area contributed by atoms with Gasteiger partial charge in [-0.1, -0.05) is 0 Å². The fourth-order valence-corrected chi connectivity index (χ4v) is 1.89. The average Bonchev–Trinajstić information content (AvgIpc) is 2.34.